The van der Waals surface area contributed by atoms with E-state index in [0.717, 1.165) is 16.7 Å². The number of hydrogen-bond donors (Lipinski definition) is 1. The molecule has 1 N–H and O–H groups in total. The second-order valence-electron chi connectivity index (χ2n) is 6.73. The molecule has 0 atom stereocenters. The normalized spacial score (nSPS) is 14.8. The van der Waals surface area contributed by atoms with Gasteiger partial charge in [0.25, 0.3) is 0 Å². The summed E-state index contributed by atoms with van der Waals surface area (Å²) in [4.78, 5) is 12.2. The third-order valence-corrected chi connectivity index (χ3v) is 6.99. The Balaban J connectivity index is 1.70. The number of hydrogen-bond acceptors (Lipinski definition) is 3. The molecule has 5 nitrogen and oxygen atoms in total. The summed E-state index contributed by atoms with van der Waals surface area (Å²) in [5.41, 5.74) is 3.45. The summed E-state index contributed by atoms with van der Waals surface area (Å²) < 4.78 is 26.2. The first-order valence-electron chi connectivity index (χ1n) is 9.22. The molecule has 2 aromatic carbocycles. The van der Waals surface area contributed by atoms with Crippen molar-refractivity contribution < 1.29 is 13.2 Å². The fourth-order valence-electron chi connectivity index (χ4n) is 3.19. The highest BCUT2D eigenvalue weighted by Gasteiger charge is 2.26. The fourth-order valence-corrected chi connectivity index (χ4v) is 4.87. The van der Waals surface area contributed by atoms with Gasteiger partial charge in [0.1, 0.15) is 0 Å². The van der Waals surface area contributed by atoms with Crippen molar-refractivity contribution in [2.24, 2.45) is 0 Å². The SMILES string of the molecule is CCCS(=O)(=O)N1CCc2ccc(NC(=O)C=Cc3ccccc3Cl)cc2C1. The second kappa shape index (κ2) is 8.90. The lowest BCUT2D eigenvalue weighted by molar-refractivity contribution is -0.111. The number of anilines is 1. The van der Waals surface area contributed by atoms with E-state index < -0.39 is 10.0 Å². The van der Waals surface area contributed by atoms with Gasteiger partial charge in [-0.1, -0.05) is 42.8 Å². The van der Waals surface area contributed by atoms with Crippen LogP contribution in [0.2, 0.25) is 5.02 Å². The number of benzene rings is 2. The van der Waals surface area contributed by atoms with Crippen molar-refractivity contribution in [3.8, 4) is 0 Å². The maximum atomic E-state index is 12.3. The minimum atomic E-state index is -3.23. The summed E-state index contributed by atoms with van der Waals surface area (Å²) in [5.74, 6) is -0.114. The molecule has 7 heteroatoms. The van der Waals surface area contributed by atoms with Crippen molar-refractivity contribution in [1.82, 2.24) is 4.31 Å². The van der Waals surface area contributed by atoms with Crippen LogP contribution in [-0.2, 0) is 27.8 Å². The number of carbonyl (C=O) groups is 1. The maximum absolute atomic E-state index is 12.3. The molecular weight excluding hydrogens is 396 g/mol. The van der Waals surface area contributed by atoms with Crippen LogP contribution < -0.4 is 5.32 Å². The highest BCUT2D eigenvalue weighted by atomic mass is 35.5. The number of fused-ring (bicyclic) bond motifs is 1. The van der Waals surface area contributed by atoms with E-state index in [0.29, 0.717) is 36.6 Å². The Kier molecular flexibility index (Phi) is 6.54. The minimum absolute atomic E-state index is 0.158. The monoisotopic (exact) mass is 418 g/mol. The van der Waals surface area contributed by atoms with Crippen molar-refractivity contribution in [3.05, 3.63) is 70.3 Å². The summed E-state index contributed by atoms with van der Waals surface area (Å²) in [7, 11) is -3.23. The molecule has 1 aliphatic heterocycles. The average molecular weight is 419 g/mol. The standard InChI is InChI=1S/C21H23ClN2O3S/c1-2-13-28(26,27)24-12-11-16-7-9-19(14-18(16)15-24)23-21(25)10-8-17-5-3-4-6-20(17)22/h3-10,14H,2,11-13,15H2,1H3,(H,23,25). The molecule has 2 aromatic rings. The number of sulfonamides is 1. The van der Waals surface area contributed by atoms with Gasteiger partial charge >= 0.3 is 0 Å². The Bertz CT molecular complexity index is 1000. The summed E-state index contributed by atoms with van der Waals surface area (Å²) in [6, 6.07) is 12.9. The van der Waals surface area contributed by atoms with Crippen LogP contribution >= 0.6 is 11.6 Å². The molecule has 0 saturated carbocycles. The van der Waals surface area contributed by atoms with Crippen LogP contribution in [0.3, 0.4) is 0 Å². The Morgan fingerprint density at radius 3 is 2.75 bits per heavy atom. The molecule has 0 spiro atoms. The van der Waals surface area contributed by atoms with E-state index in [4.69, 9.17) is 11.6 Å². The maximum Gasteiger partial charge on any atom is 0.248 e. The van der Waals surface area contributed by atoms with Gasteiger partial charge in [-0.3, -0.25) is 4.79 Å². The number of nitrogens with one attached hydrogen (secondary N) is 1. The number of amides is 1. The Hall–Kier alpha value is -2.15. The van der Waals surface area contributed by atoms with Gasteiger partial charge in [-0.15, -0.1) is 0 Å². The molecule has 1 heterocycles. The zero-order valence-electron chi connectivity index (χ0n) is 15.7. The first-order chi connectivity index (χ1) is 13.4. The van der Waals surface area contributed by atoms with Crippen LogP contribution in [-0.4, -0.2) is 30.9 Å². The lowest BCUT2D eigenvalue weighted by atomic mass is 10.0. The van der Waals surface area contributed by atoms with Crippen LogP contribution in [0, 0.1) is 0 Å². The van der Waals surface area contributed by atoms with E-state index in [1.54, 1.807) is 12.1 Å². The minimum Gasteiger partial charge on any atom is -0.323 e. The third-order valence-electron chi connectivity index (χ3n) is 4.63. The van der Waals surface area contributed by atoms with Crippen molar-refractivity contribution in [1.29, 1.82) is 0 Å². The molecule has 0 fully saturated rings. The van der Waals surface area contributed by atoms with Gasteiger partial charge in [-0.2, -0.15) is 4.31 Å². The highest BCUT2D eigenvalue weighted by Crippen LogP contribution is 2.25. The quantitative estimate of drug-likeness (QED) is 0.718. The summed E-state index contributed by atoms with van der Waals surface area (Å²) in [6.45, 7) is 2.71. The fraction of sp³-hybridized carbons (Fsp3) is 0.286. The predicted molar refractivity (Wildman–Crippen MR) is 114 cm³/mol. The largest absolute Gasteiger partial charge is 0.323 e. The van der Waals surface area contributed by atoms with Crippen LogP contribution in [0.4, 0.5) is 5.69 Å². The molecule has 28 heavy (non-hydrogen) atoms. The summed E-state index contributed by atoms with van der Waals surface area (Å²) in [6.07, 6.45) is 4.37. The number of carbonyl (C=O) groups excluding carboxylic acids is 1. The molecular formula is C21H23ClN2O3S. The van der Waals surface area contributed by atoms with E-state index >= 15 is 0 Å². The van der Waals surface area contributed by atoms with Gasteiger partial charge in [0.05, 0.1) is 5.75 Å². The van der Waals surface area contributed by atoms with Crippen molar-refractivity contribution >= 4 is 39.3 Å². The van der Waals surface area contributed by atoms with E-state index in [1.807, 2.05) is 43.3 Å². The molecule has 0 radical (unpaired) electrons. The smallest absolute Gasteiger partial charge is 0.248 e. The van der Waals surface area contributed by atoms with Crippen molar-refractivity contribution in [2.75, 3.05) is 17.6 Å². The first-order valence-corrected chi connectivity index (χ1v) is 11.2. The number of halogens is 1. The van der Waals surface area contributed by atoms with Crippen LogP contribution in [0.15, 0.2) is 48.5 Å². The average Bonchev–Trinajstić information content (AvgIpc) is 2.67. The van der Waals surface area contributed by atoms with Gasteiger partial charge < -0.3 is 5.32 Å². The van der Waals surface area contributed by atoms with Crippen LogP contribution in [0.1, 0.15) is 30.0 Å². The van der Waals surface area contributed by atoms with Gasteiger partial charge in [0.2, 0.25) is 15.9 Å². The molecule has 1 amide bonds. The molecule has 148 valence electrons. The van der Waals surface area contributed by atoms with Crippen LogP contribution in [0.25, 0.3) is 6.08 Å². The topological polar surface area (TPSA) is 66.5 Å². The van der Waals surface area contributed by atoms with E-state index in [2.05, 4.69) is 5.32 Å². The molecule has 3 rings (SSSR count). The van der Waals surface area contributed by atoms with Gasteiger partial charge in [0.15, 0.2) is 0 Å². The first kappa shape index (κ1) is 20.6. The van der Waals surface area contributed by atoms with Gasteiger partial charge in [-0.05, 0) is 53.8 Å². The van der Waals surface area contributed by atoms with E-state index in [9.17, 15) is 13.2 Å². The Morgan fingerprint density at radius 1 is 1.21 bits per heavy atom. The molecule has 0 saturated heterocycles. The predicted octanol–water partition coefficient (Wildman–Crippen LogP) is 4.09. The van der Waals surface area contributed by atoms with E-state index in [1.165, 1.54) is 10.4 Å². The lowest BCUT2D eigenvalue weighted by Crippen LogP contribution is -2.37. The number of nitrogens with zero attached hydrogens (tertiary/aromatic N) is 1. The Labute approximate surface area is 171 Å². The number of rotatable bonds is 6. The molecule has 0 bridgehead atoms. The highest BCUT2D eigenvalue weighted by molar-refractivity contribution is 7.89. The molecule has 1 aliphatic rings. The zero-order chi connectivity index (χ0) is 20.1. The van der Waals surface area contributed by atoms with E-state index in [-0.39, 0.29) is 11.7 Å². The summed E-state index contributed by atoms with van der Waals surface area (Å²) >= 11 is 6.08. The lowest BCUT2D eigenvalue weighted by Gasteiger charge is -2.28. The molecule has 0 aliphatic carbocycles. The van der Waals surface area contributed by atoms with Crippen molar-refractivity contribution in [2.45, 2.75) is 26.3 Å². The van der Waals surface area contributed by atoms with Gasteiger partial charge in [-0.25, -0.2) is 8.42 Å². The van der Waals surface area contributed by atoms with Crippen LogP contribution in [0.5, 0.6) is 0 Å². The Morgan fingerprint density at radius 2 is 2.00 bits per heavy atom. The second-order valence-corrected chi connectivity index (χ2v) is 9.22. The molecule has 0 aromatic heterocycles. The summed E-state index contributed by atoms with van der Waals surface area (Å²) in [5, 5.41) is 3.40. The molecule has 0 unspecified atom stereocenters. The van der Waals surface area contributed by atoms with Gasteiger partial charge in [0, 0.05) is 29.9 Å². The third kappa shape index (κ3) is 5.01. The van der Waals surface area contributed by atoms with Crippen molar-refractivity contribution in [3.63, 3.8) is 0 Å². The zero-order valence-corrected chi connectivity index (χ0v) is 17.3.